The maximum absolute atomic E-state index is 4.69. The van der Waals surface area contributed by atoms with E-state index in [9.17, 15) is 0 Å². The van der Waals surface area contributed by atoms with E-state index < -0.39 is 0 Å². The molecule has 1 aliphatic heterocycles. The lowest BCUT2D eigenvalue weighted by molar-refractivity contribution is 0.0454. The van der Waals surface area contributed by atoms with Crippen LogP contribution in [-0.4, -0.2) is 34.6 Å². The number of aryl methyl sites for hydroxylation is 1. The Morgan fingerprint density at radius 2 is 2.19 bits per heavy atom. The van der Waals surface area contributed by atoms with Crippen LogP contribution < -0.4 is 5.32 Å². The van der Waals surface area contributed by atoms with Gasteiger partial charge in [0.25, 0.3) is 0 Å². The van der Waals surface area contributed by atoms with E-state index in [2.05, 4.69) is 34.4 Å². The zero-order valence-corrected chi connectivity index (χ0v) is 14.3. The Labute approximate surface area is 133 Å². The Morgan fingerprint density at radius 1 is 1.38 bits per heavy atom. The van der Waals surface area contributed by atoms with Crippen molar-refractivity contribution < 1.29 is 0 Å². The molecule has 2 heterocycles. The molecule has 1 aromatic heterocycles. The Hall–Kier alpha value is -0.450. The zero-order chi connectivity index (χ0) is 14.7. The van der Waals surface area contributed by atoms with Gasteiger partial charge in [0.05, 0.1) is 10.7 Å². The van der Waals surface area contributed by atoms with E-state index in [1.54, 1.807) is 11.3 Å². The molecule has 0 bridgehead atoms. The van der Waals surface area contributed by atoms with Crippen molar-refractivity contribution in [2.75, 3.05) is 13.1 Å². The number of piperazine rings is 1. The first-order chi connectivity index (χ1) is 10.2. The van der Waals surface area contributed by atoms with Gasteiger partial charge in [-0.3, -0.25) is 4.90 Å². The minimum atomic E-state index is 0.396. The van der Waals surface area contributed by atoms with Gasteiger partial charge in [-0.2, -0.15) is 0 Å². The fraction of sp³-hybridized carbons (Fsp3) is 0.824. The standard InChI is InChI=1S/C17H29N3S/c1-3-7-16-10-18-17(8-5-4-6-9-17)13-20(16)11-15-12-21-14(2)19-15/h12,16,18H,3-11,13H2,1-2H3. The molecule has 1 aromatic rings. The normalized spacial score (nSPS) is 26.3. The van der Waals surface area contributed by atoms with Crippen molar-refractivity contribution >= 4 is 11.3 Å². The Balaban J connectivity index is 1.71. The summed E-state index contributed by atoms with van der Waals surface area (Å²) < 4.78 is 0. The van der Waals surface area contributed by atoms with Crippen molar-refractivity contribution in [2.45, 2.75) is 76.9 Å². The molecular formula is C17H29N3S. The van der Waals surface area contributed by atoms with Crippen molar-refractivity contribution in [3.8, 4) is 0 Å². The molecule has 1 saturated carbocycles. The summed E-state index contributed by atoms with van der Waals surface area (Å²) in [4.78, 5) is 7.41. The second-order valence-electron chi connectivity index (χ2n) is 6.93. The van der Waals surface area contributed by atoms with Gasteiger partial charge in [0.1, 0.15) is 0 Å². The highest BCUT2D eigenvalue weighted by molar-refractivity contribution is 7.09. The van der Waals surface area contributed by atoms with E-state index >= 15 is 0 Å². The minimum absolute atomic E-state index is 0.396. The van der Waals surface area contributed by atoms with Crippen molar-refractivity contribution in [2.24, 2.45) is 0 Å². The Morgan fingerprint density at radius 3 is 2.86 bits per heavy atom. The van der Waals surface area contributed by atoms with E-state index in [4.69, 9.17) is 0 Å². The summed E-state index contributed by atoms with van der Waals surface area (Å²) >= 11 is 1.78. The molecule has 0 radical (unpaired) electrons. The summed E-state index contributed by atoms with van der Waals surface area (Å²) in [6.07, 6.45) is 9.51. The van der Waals surface area contributed by atoms with Gasteiger partial charge in [0.15, 0.2) is 0 Å². The number of nitrogens with zero attached hydrogens (tertiary/aromatic N) is 2. The summed E-state index contributed by atoms with van der Waals surface area (Å²) in [7, 11) is 0. The van der Waals surface area contributed by atoms with Crippen LogP contribution in [0.1, 0.15) is 62.6 Å². The largest absolute Gasteiger partial charge is 0.308 e. The highest BCUT2D eigenvalue weighted by Gasteiger charge is 2.39. The third-order valence-electron chi connectivity index (χ3n) is 5.20. The maximum Gasteiger partial charge on any atom is 0.0897 e. The fourth-order valence-electron chi connectivity index (χ4n) is 4.09. The van der Waals surface area contributed by atoms with Crippen LogP contribution in [0, 0.1) is 6.92 Å². The molecule has 1 atom stereocenters. The average molecular weight is 308 g/mol. The second-order valence-corrected chi connectivity index (χ2v) is 7.99. The van der Waals surface area contributed by atoms with E-state index in [1.807, 2.05) is 0 Å². The predicted octanol–water partition coefficient (Wildman–Crippen LogP) is 3.73. The van der Waals surface area contributed by atoms with Crippen LogP contribution in [0.4, 0.5) is 0 Å². The molecule has 1 saturated heterocycles. The van der Waals surface area contributed by atoms with Crippen LogP contribution in [0.25, 0.3) is 0 Å². The number of rotatable bonds is 4. The quantitative estimate of drug-likeness (QED) is 0.918. The first kappa shape index (κ1) is 15.4. The maximum atomic E-state index is 4.69. The van der Waals surface area contributed by atoms with Gasteiger partial charge in [0.2, 0.25) is 0 Å². The molecule has 3 nitrogen and oxygen atoms in total. The Bertz CT molecular complexity index is 451. The van der Waals surface area contributed by atoms with E-state index in [0.717, 1.165) is 13.1 Å². The molecule has 2 fully saturated rings. The minimum Gasteiger partial charge on any atom is -0.308 e. The molecule has 4 heteroatoms. The number of aromatic nitrogens is 1. The van der Waals surface area contributed by atoms with Crippen LogP contribution in [0.15, 0.2) is 5.38 Å². The molecule has 21 heavy (non-hydrogen) atoms. The number of hydrogen-bond acceptors (Lipinski definition) is 4. The van der Waals surface area contributed by atoms with E-state index in [0.29, 0.717) is 11.6 Å². The molecule has 1 N–H and O–H groups in total. The third-order valence-corrected chi connectivity index (χ3v) is 6.02. The van der Waals surface area contributed by atoms with Crippen LogP contribution in [-0.2, 0) is 6.54 Å². The van der Waals surface area contributed by atoms with Crippen LogP contribution in [0.2, 0.25) is 0 Å². The van der Waals surface area contributed by atoms with Crippen molar-refractivity contribution in [3.63, 3.8) is 0 Å². The summed E-state index contributed by atoms with van der Waals surface area (Å²) in [5, 5.41) is 7.37. The highest BCUT2D eigenvalue weighted by Crippen LogP contribution is 2.33. The smallest absolute Gasteiger partial charge is 0.0897 e. The first-order valence-electron chi connectivity index (χ1n) is 8.61. The second kappa shape index (κ2) is 6.76. The summed E-state index contributed by atoms with van der Waals surface area (Å²) in [5.74, 6) is 0. The van der Waals surface area contributed by atoms with Gasteiger partial charge >= 0.3 is 0 Å². The Kier molecular flexibility index (Phi) is 4.97. The molecule has 118 valence electrons. The molecule has 0 amide bonds. The van der Waals surface area contributed by atoms with E-state index in [1.165, 1.54) is 62.2 Å². The fourth-order valence-corrected chi connectivity index (χ4v) is 4.70. The lowest BCUT2D eigenvalue weighted by Gasteiger charge is -2.49. The van der Waals surface area contributed by atoms with Crippen LogP contribution in [0.3, 0.4) is 0 Å². The number of thiazole rings is 1. The predicted molar refractivity (Wildman–Crippen MR) is 89.8 cm³/mol. The molecule has 1 unspecified atom stereocenters. The topological polar surface area (TPSA) is 28.2 Å². The summed E-state index contributed by atoms with van der Waals surface area (Å²) in [6.45, 7) is 7.83. The molecule has 3 rings (SSSR count). The molecule has 2 aliphatic rings. The van der Waals surface area contributed by atoms with Crippen LogP contribution >= 0.6 is 11.3 Å². The van der Waals surface area contributed by atoms with Crippen molar-refractivity contribution in [1.82, 2.24) is 15.2 Å². The van der Waals surface area contributed by atoms with Gasteiger partial charge in [-0.15, -0.1) is 11.3 Å². The van der Waals surface area contributed by atoms with Crippen molar-refractivity contribution in [3.05, 3.63) is 16.1 Å². The monoisotopic (exact) mass is 307 g/mol. The number of hydrogen-bond donors (Lipinski definition) is 1. The first-order valence-corrected chi connectivity index (χ1v) is 9.49. The zero-order valence-electron chi connectivity index (χ0n) is 13.5. The van der Waals surface area contributed by atoms with Crippen molar-refractivity contribution in [1.29, 1.82) is 0 Å². The van der Waals surface area contributed by atoms with E-state index in [-0.39, 0.29) is 0 Å². The summed E-state index contributed by atoms with van der Waals surface area (Å²) in [5.41, 5.74) is 1.67. The lowest BCUT2D eigenvalue weighted by Crippen LogP contribution is -2.64. The summed E-state index contributed by atoms with van der Waals surface area (Å²) in [6, 6.07) is 0.685. The molecular weight excluding hydrogens is 278 g/mol. The lowest BCUT2D eigenvalue weighted by atomic mass is 9.79. The van der Waals surface area contributed by atoms with Gasteiger partial charge < -0.3 is 5.32 Å². The number of nitrogens with one attached hydrogen (secondary N) is 1. The van der Waals surface area contributed by atoms with Gasteiger partial charge in [-0.1, -0.05) is 32.6 Å². The van der Waals surface area contributed by atoms with Gasteiger partial charge in [-0.25, -0.2) is 4.98 Å². The van der Waals surface area contributed by atoms with Gasteiger partial charge in [0, 0.05) is 36.6 Å². The van der Waals surface area contributed by atoms with Crippen LogP contribution in [0.5, 0.6) is 0 Å². The SMILES string of the molecule is CCCC1CNC2(CCCCC2)CN1Cc1csc(C)n1. The average Bonchev–Trinajstić information content (AvgIpc) is 2.88. The third kappa shape index (κ3) is 3.66. The molecule has 1 spiro atoms. The molecule has 1 aliphatic carbocycles. The highest BCUT2D eigenvalue weighted by atomic mass is 32.1. The molecule has 0 aromatic carbocycles. The van der Waals surface area contributed by atoms with Gasteiger partial charge in [-0.05, 0) is 26.2 Å².